The molecule has 0 radical (unpaired) electrons. The van der Waals surface area contributed by atoms with Crippen LogP contribution in [0.25, 0.3) is 0 Å². The maximum absolute atomic E-state index is 10.8. The maximum atomic E-state index is 10.8. The first-order valence-electron chi connectivity index (χ1n) is 7.36. The van der Waals surface area contributed by atoms with Crippen molar-refractivity contribution < 1.29 is 6.22 Å². The Kier molecular flexibility index (Phi) is 10.1. The summed E-state index contributed by atoms with van der Waals surface area (Å²) in [5.41, 5.74) is 4.28. The Morgan fingerprint density at radius 1 is 0.737 bits per heavy atom. The van der Waals surface area contributed by atoms with Gasteiger partial charge in [-0.15, -0.1) is 0 Å². The molecule has 0 aliphatic rings. The highest BCUT2D eigenvalue weighted by atomic mass is 16.1. The molecule has 0 aromatic rings. The van der Waals surface area contributed by atoms with Crippen LogP contribution in [0.5, 0.6) is 0 Å². The zero-order valence-corrected chi connectivity index (χ0v) is 13.4. The molecule has 0 saturated heterocycles. The Labute approximate surface area is 121 Å². The van der Waals surface area contributed by atoms with E-state index in [4.69, 9.17) is 0 Å². The standard InChI is InChI=1S/C18H30O/c1-15(2)9-6-10-16(3)11-7-12-17(4)13-8-14-18(5)19/h9,11,13H,6-8,10,12,14H2,1-5H3/p+1. The summed E-state index contributed by atoms with van der Waals surface area (Å²) in [5, 5.41) is 0. The topological polar surface area (TPSA) is 17.1 Å². The summed E-state index contributed by atoms with van der Waals surface area (Å²) in [4.78, 5) is 10.8. The van der Waals surface area contributed by atoms with Crippen molar-refractivity contribution >= 4 is 5.78 Å². The van der Waals surface area contributed by atoms with Gasteiger partial charge in [-0.2, -0.15) is 0 Å². The van der Waals surface area contributed by atoms with Crippen LogP contribution in [0.3, 0.4) is 0 Å². The third kappa shape index (κ3) is 13.1. The van der Waals surface area contributed by atoms with Gasteiger partial charge in [0.1, 0.15) is 5.78 Å². The molecule has 0 saturated carbocycles. The van der Waals surface area contributed by atoms with Crippen LogP contribution < -0.4 is 0 Å². The second-order valence-corrected chi connectivity index (χ2v) is 5.70. The van der Waals surface area contributed by atoms with Crippen LogP contribution in [0.1, 0.15) is 74.6 Å². The van der Waals surface area contributed by atoms with E-state index in [2.05, 4.69) is 45.9 Å². The van der Waals surface area contributed by atoms with Crippen LogP contribution in [0.2, 0.25) is 0 Å². The van der Waals surface area contributed by atoms with Crippen molar-refractivity contribution in [2.45, 2.75) is 73.1 Å². The fourth-order valence-electron chi connectivity index (χ4n) is 1.86. The van der Waals surface area contributed by atoms with Crippen molar-refractivity contribution in [3.05, 3.63) is 34.9 Å². The molecule has 0 unspecified atom stereocenters. The van der Waals surface area contributed by atoms with Crippen LogP contribution in [0.15, 0.2) is 34.9 Å². The van der Waals surface area contributed by atoms with Crippen molar-refractivity contribution in [2.75, 3.05) is 0 Å². The van der Waals surface area contributed by atoms with Gasteiger partial charge in [0.2, 0.25) is 0 Å². The van der Waals surface area contributed by atoms with Crippen molar-refractivity contribution in [2.24, 2.45) is 0 Å². The predicted molar refractivity (Wildman–Crippen MR) is 86.4 cm³/mol. The molecule has 0 N–H and O–H groups in total. The molecule has 0 spiro atoms. The van der Waals surface area contributed by atoms with E-state index in [1.807, 2.05) is 0 Å². The van der Waals surface area contributed by atoms with Crippen LogP contribution >= 0.6 is 0 Å². The minimum Gasteiger partial charge on any atom is -0.300 e. The van der Waals surface area contributed by atoms with Gasteiger partial charge in [-0.1, -0.05) is 34.9 Å². The molecule has 0 rings (SSSR count). The zero-order valence-electron chi connectivity index (χ0n) is 14.4. The van der Waals surface area contributed by atoms with Gasteiger partial charge < -0.3 is 4.79 Å². The minimum atomic E-state index is 0. The first-order chi connectivity index (χ1) is 8.91. The highest BCUT2D eigenvalue weighted by molar-refractivity contribution is 5.75. The second kappa shape index (κ2) is 10.8. The van der Waals surface area contributed by atoms with E-state index in [9.17, 15) is 4.79 Å². The first-order valence-corrected chi connectivity index (χ1v) is 7.36. The third-order valence-corrected chi connectivity index (χ3v) is 3.11. The number of ketones is 1. The lowest BCUT2D eigenvalue weighted by Crippen LogP contribution is -1.87. The van der Waals surface area contributed by atoms with E-state index in [-0.39, 0.29) is 7.21 Å². The van der Waals surface area contributed by atoms with Crippen molar-refractivity contribution in [3.8, 4) is 0 Å². The fraction of sp³-hybridized carbons (Fsp3) is 0.611. The Balaban J connectivity index is 0. The SMILES string of the molecule is CC(=O)CCC=C(C)CCC=C(C)CCC=C(C)C.[H+]. The van der Waals surface area contributed by atoms with Crippen LogP contribution in [-0.4, -0.2) is 5.78 Å². The molecule has 0 aromatic carbocycles. The lowest BCUT2D eigenvalue weighted by Gasteiger charge is -2.01. The third-order valence-electron chi connectivity index (χ3n) is 3.11. The largest absolute Gasteiger partial charge is 1.00 e. The molecule has 0 amide bonds. The van der Waals surface area contributed by atoms with Crippen LogP contribution in [-0.2, 0) is 4.79 Å². The molecule has 1 heteroatoms. The van der Waals surface area contributed by atoms with Gasteiger partial charge in [0.05, 0.1) is 0 Å². The van der Waals surface area contributed by atoms with E-state index in [1.165, 1.54) is 16.7 Å². The van der Waals surface area contributed by atoms with Crippen LogP contribution in [0.4, 0.5) is 0 Å². The second-order valence-electron chi connectivity index (χ2n) is 5.70. The Hall–Kier alpha value is -1.11. The van der Waals surface area contributed by atoms with E-state index in [0.29, 0.717) is 6.42 Å². The highest BCUT2D eigenvalue weighted by Crippen LogP contribution is 2.12. The molecular formula is C18H31O+. The normalized spacial score (nSPS) is 12.5. The van der Waals surface area contributed by atoms with Crippen molar-refractivity contribution in [1.29, 1.82) is 0 Å². The van der Waals surface area contributed by atoms with Gasteiger partial charge >= 0.3 is 1.43 Å². The molecule has 0 fully saturated rings. The quantitative estimate of drug-likeness (QED) is 0.474. The summed E-state index contributed by atoms with van der Waals surface area (Å²) in [6.45, 7) is 10.3. The van der Waals surface area contributed by atoms with Crippen LogP contribution in [0, 0.1) is 0 Å². The Morgan fingerprint density at radius 3 is 1.58 bits per heavy atom. The summed E-state index contributed by atoms with van der Waals surface area (Å²) in [6, 6.07) is 0. The monoisotopic (exact) mass is 263 g/mol. The number of rotatable bonds is 9. The molecule has 0 aliphatic carbocycles. The fourth-order valence-corrected chi connectivity index (χ4v) is 1.86. The number of hydrogen-bond acceptors (Lipinski definition) is 1. The highest BCUT2D eigenvalue weighted by Gasteiger charge is 1.93. The molecule has 0 aliphatic heterocycles. The van der Waals surface area contributed by atoms with E-state index >= 15 is 0 Å². The van der Waals surface area contributed by atoms with Gasteiger partial charge in [-0.25, -0.2) is 0 Å². The average molecular weight is 263 g/mol. The maximum Gasteiger partial charge on any atom is 1.00 e. The first kappa shape index (κ1) is 17.9. The number of carbonyl (C=O) groups is 1. The molecule has 0 heterocycles. The summed E-state index contributed by atoms with van der Waals surface area (Å²) < 4.78 is 0. The van der Waals surface area contributed by atoms with Gasteiger partial charge in [0.15, 0.2) is 0 Å². The van der Waals surface area contributed by atoms with E-state index in [1.54, 1.807) is 6.92 Å². The Bertz CT molecular complexity index is 358. The summed E-state index contributed by atoms with van der Waals surface area (Å²) in [5.74, 6) is 0.277. The number of allylic oxidation sites excluding steroid dienone is 6. The minimum absolute atomic E-state index is 0. The van der Waals surface area contributed by atoms with E-state index in [0.717, 1.165) is 32.1 Å². The van der Waals surface area contributed by atoms with Gasteiger partial charge in [-0.3, -0.25) is 0 Å². The molecule has 1 nitrogen and oxygen atoms in total. The number of carbonyl (C=O) groups excluding carboxylic acids is 1. The van der Waals surface area contributed by atoms with Crippen molar-refractivity contribution in [1.82, 2.24) is 0 Å². The molecule has 19 heavy (non-hydrogen) atoms. The summed E-state index contributed by atoms with van der Waals surface area (Å²) in [6.07, 6.45) is 13.0. The van der Waals surface area contributed by atoms with E-state index < -0.39 is 0 Å². The summed E-state index contributed by atoms with van der Waals surface area (Å²) in [7, 11) is 0. The lowest BCUT2D eigenvalue weighted by atomic mass is 10.1. The lowest BCUT2D eigenvalue weighted by molar-refractivity contribution is -0.116. The predicted octanol–water partition coefficient (Wildman–Crippen LogP) is 5.89. The molecule has 0 aromatic heterocycles. The van der Waals surface area contributed by atoms with Crippen molar-refractivity contribution in [3.63, 3.8) is 0 Å². The smallest absolute Gasteiger partial charge is 0.300 e. The molecule has 0 bridgehead atoms. The average Bonchev–Trinajstić information content (AvgIpc) is 2.27. The van der Waals surface area contributed by atoms with Gasteiger partial charge in [0, 0.05) is 6.42 Å². The molecule has 0 atom stereocenters. The van der Waals surface area contributed by atoms with Gasteiger partial charge in [0.25, 0.3) is 0 Å². The molecular weight excluding hydrogens is 232 g/mol. The number of Topliss-reactive ketones (excluding diaryl/α,β-unsaturated/α-hetero) is 1. The van der Waals surface area contributed by atoms with Gasteiger partial charge in [-0.05, 0) is 66.7 Å². The number of hydrogen-bond donors (Lipinski definition) is 0. The molecule has 108 valence electrons. The Morgan fingerprint density at radius 2 is 1.16 bits per heavy atom. The zero-order chi connectivity index (χ0) is 14.7. The summed E-state index contributed by atoms with van der Waals surface area (Å²) >= 11 is 0.